The van der Waals surface area contributed by atoms with E-state index in [1.54, 1.807) is 0 Å². The molecule has 0 fully saturated rings. The van der Waals surface area contributed by atoms with Crippen LogP contribution in [-0.2, 0) is 0 Å². The predicted octanol–water partition coefficient (Wildman–Crippen LogP) is 1.85. The van der Waals surface area contributed by atoms with Crippen LogP contribution in [0.4, 0.5) is 0 Å². The Bertz CT molecular complexity index is 86.9. The fourth-order valence-electron chi connectivity index (χ4n) is 0.996. The van der Waals surface area contributed by atoms with E-state index in [1.165, 1.54) is 38.5 Å². The summed E-state index contributed by atoms with van der Waals surface area (Å²) in [4.78, 5) is 0. The number of rotatable bonds is 8. The first-order valence-electron chi connectivity index (χ1n) is 6.29. The van der Waals surface area contributed by atoms with Crippen LogP contribution in [0.25, 0.3) is 0 Å². The molecule has 0 amide bonds. The second-order valence-electron chi connectivity index (χ2n) is 4.33. The van der Waals surface area contributed by atoms with Crippen LogP contribution in [0, 0.1) is 5.92 Å². The molecule has 15 heavy (non-hydrogen) atoms. The van der Waals surface area contributed by atoms with Gasteiger partial charge >= 0.3 is 0 Å². The molecule has 94 valence electrons. The van der Waals surface area contributed by atoms with Crippen molar-refractivity contribution in [1.29, 1.82) is 0 Å². The molecule has 0 aromatic carbocycles. The van der Waals surface area contributed by atoms with Crippen molar-refractivity contribution in [2.75, 3.05) is 19.6 Å². The summed E-state index contributed by atoms with van der Waals surface area (Å²) in [6, 6.07) is 0. The summed E-state index contributed by atoms with van der Waals surface area (Å²) >= 11 is 0. The van der Waals surface area contributed by atoms with Gasteiger partial charge in [-0.25, -0.2) is 0 Å². The molecule has 0 atom stereocenters. The Morgan fingerprint density at radius 3 is 1.13 bits per heavy atom. The molecule has 0 spiro atoms. The third-order valence-electron chi connectivity index (χ3n) is 2.13. The average Bonchev–Trinajstić information content (AvgIpc) is 2.24. The van der Waals surface area contributed by atoms with E-state index in [0.29, 0.717) is 5.92 Å². The molecule has 0 heterocycles. The highest BCUT2D eigenvalue weighted by atomic mass is 14.5. The van der Waals surface area contributed by atoms with Crippen molar-refractivity contribution in [1.82, 2.24) is 0 Å². The van der Waals surface area contributed by atoms with Gasteiger partial charge in [-0.15, -0.1) is 0 Å². The minimum Gasteiger partial charge on any atom is -0.330 e. The number of hydrogen-bond donors (Lipinski definition) is 3. The maximum Gasteiger partial charge on any atom is -0.00541 e. The lowest BCUT2D eigenvalue weighted by atomic mass is 10.1. The monoisotopic (exact) mass is 217 g/mol. The Kier molecular flexibility index (Phi) is 18.8. The molecule has 0 saturated heterocycles. The van der Waals surface area contributed by atoms with Crippen molar-refractivity contribution < 1.29 is 0 Å². The van der Waals surface area contributed by atoms with Gasteiger partial charge in [0.05, 0.1) is 0 Å². The van der Waals surface area contributed by atoms with Crippen LogP contribution < -0.4 is 17.2 Å². The Morgan fingerprint density at radius 2 is 0.933 bits per heavy atom. The van der Waals surface area contributed by atoms with E-state index in [4.69, 9.17) is 17.2 Å². The molecule has 0 unspecified atom stereocenters. The highest BCUT2D eigenvalue weighted by Gasteiger charge is 1.87. The second-order valence-corrected chi connectivity index (χ2v) is 4.33. The van der Waals surface area contributed by atoms with E-state index in [1.807, 2.05) is 0 Å². The molecule has 0 rings (SSSR count). The van der Waals surface area contributed by atoms with Crippen molar-refractivity contribution in [3.63, 3.8) is 0 Å². The smallest absolute Gasteiger partial charge is 0.00541 e. The summed E-state index contributed by atoms with van der Waals surface area (Å²) in [6.45, 7) is 6.69. The fourth-order valence-corrected chi connectivity index (χ4v) is 0.996. The van der Waals surface area contributed by atoms with E-state index in [0.717, 1.165) is 19.6 Å². The van der Waals surface area contributed by atoms with Gasteiger partial charge in [-0.2, -0.15) is 0 Å². The summed E-state index contributed by atoms with van der Waals surface area (Å²) in [6.07, 6.45) is 7.61. The molecule has 0 aromatic rings. The molecule has 0 saturated carbocycles. The Labute approximate surface area is 95.8 Å². The van der Waals surface area contributed by atoms with Gasteiger partial charge in [0, 0.05) is 0 Å². The van der Waals surface area contributed by atoms with Crippen LogP contribution in [0.1, 0.15) is 52.4 Å². The number of nitrogens with two attached hydrogens (primary N) is 3. The largest absolute Gasteiger partial charge is 0.330 e. The van der Waals surface area contributed by atoms with Crippen LogP contribution in [-0.4, -0.2) is 19.6 Å². The summed E-state index contributed by atoms with van der Waals surface area (Å²) in [5, 5.41) is 0. The van der Waals surface area contributed by atoms with Crippen LogP contribution in [0.15, 0.2) is 0 Å². The maximum absolute atomic E-state index is 5.35. The number of hydrogen-bond acceptors (Lipinski definition) is 3. The molecule has 0 radical (unpaired) electrons. The summed E-state index contributed by atoms with van der Waals surface area (Å²) in [5.41, 5.74) is 15.9. The SMILES string of the molecule is CC(C)CN.NCCCCCCCCN. The lowest BCUT2D eigenvalue weighted by Crippen LogP contribution is -2.05. The van der Waals surface area contributed by atoms with Crippen LogP contribution in [0.5, 0.6) is 0 Å². The Morgan fingerprint density at radius 1 is 0.667 bits per heavy atom. The molecule has 0 bridgehead atoms. The van der Waals surface area contributed by atoms with Crippen LogP contribution in [0.3, 0.4) is 0 Å². The van der Waals surface area contributed by atoms with Crippen molar-refractivity contribution in [3.8, 4) is 0 Å². The van der Waals surface area contributed by atoms with Gasteiger partial charge < -0.3 is 17.2 Å². The van der Waals surface area contributed by atoms with Crippen molar-refractivity contribution in [3.05, 3.63) is 0 Å². The lowest BCUT2D eigenvalue weighted by molar-refractivity contribution is 0.601. The van der Waals surface area contributed by atoms with E-state index in [2.05, 4.69) is 13.8 Å². The standard InChI is InChI=1S/C8H20N2.C4H11N/c9-7-5-3-1-2-4-6-8-10;1-4(2)3-5/h1-10H2;4H,3,5H2,1-2H3. The molecule has 6 N–H and O–H groups in total. The van der Waals surface area contributed by atoms with Gasteiger partial charge in [0.15, 0.2) is 0 Å². The maximum atomic E-state index is 5.35. The second kappa shape index (κ2) is 16.3. The highest BCUT2D eigenvalue weighted by molar-refractivity contribution is 4.45. The first-order chi connectivity index (χ1) is 7.18. The minimum absolute atomic E-state index is 0.662. The third kappa shape index (κ3) is 24.8. The molecule has 0 aliphatic carbocycles. The highest BCUT2D eigenvalue weighted by Crippen LogP contribution is 2.03. The van der Waals surface area contributed by atoms with Crippen LogP contribution >= 0.6 is 0 Å². The summed E-state index contributed by atoms with van der Waals surface area (Å²) in [5.74, 6) is 0.662. The molecular formula is C12H31N3. The number of unbranched alkanes of at least 4 members (excludes halogenated alkanes) is 5. The molecule has 3 nitrogen and oxygen atoms in total. The molecular weight excluding hydrogens is 186 g/mol. The van der Waals surface area contributed by atoms with Gasteiger partial charge in [-0.3, -0.25) is 0 Å². The quantitative estimate of drug-likeness (QED) is 0.543. The zero-order chi connectivity index (χ0) is 11.9. The van der Waals surface area contributed by atoms with Gasteiger partial charge in [0.1, 0.15) is 0 Å². The van der Waals surface area contributed by atoms with Crippen LogP contribution in [0.2, 0.25) is 0 Å². The Hall–Kier alpha value is -0.120. The third-order valence-corrected chi connectivity index (χ3v) is 2.13. The van der Waals surface area contributed by atoms with E-state index < -0.39 is 0 Å². The molecule has 0 aliphatic rings. The minimum atomic E-state index is 0.662. The lowest BCUT2D eigenvalue weighted by Gasteiger charge is -1.97. The van der Waals surface area contributed by atoms with Crippen molar-refractivity contribution in [2.45, 2.75) is 52.4 Å². The van der Waals surface area contributed by atoms with E-state index >= 15 is 0 Å². The normalized spacial score (nSPS) is 10.0. The molecule has 0 aliphatic heterocycles. The first-order valence-corrected chi connectivity index (χ1v) is 6.29. The summed E-state index contributed by atoms with van der Waals surface area (Å²) in [7, 11) is 0. The zero-order valence-electron chi connectivity index (χ0n) is 10.7. The van der Waals surface area contributed by atoms with Gasteiger partial charge in [-0.05, 0) is 38.4 Å². The van der Waals surface area contributed by atoms with E-state index in [9.17, 15) is 0 Å². The predicted molar refractivity (Wildman–Crippen MR) is 69.7 cm³/mol. The van der Waals surface area contributed by atoms with Crippen molar-refractivity contribution >= 4 is 0 Å². The fraction of sp³-hybridized carbons (Fsp3) is 1.00. The van der Waals surface area contributed by atoms with Gasteiger partial charge in [0.2, 0.25) is 0 Å². The zero-order valence-corrected chi connectivity index (χ0v) is 10.7. The van der Waals surface area contributed by atoms with Crippen molar-refractivity contribution in [2.24, 2.45) is 23.1 Å². The van der Waals surface area contributed by atoms with Gasteiger partial charge in [0.25, 0.3) is 0 Å². The first kappa shape index (κ1) is 17.3. The topological polar surface area (TPSA) is 78.1 Å². The van der Waals surface area contributed by atoms with E-state index in [-0.39, 0.29) is 0 Å². The Balaban J connectivity index is 0. The van der Waals surface area contributed by atoms with Gasteiger partial charge in [-0.1, -0.05) is 39.5 Å². The molecule has 3 heteroatoms. The molecule has 0 aromatic heterocycles. The summed E-state index contributed by atoms with van der Waals surface area (Å²) < 4.78 is 0. The average molecular weight is 217 g/mol.